The molecule has 0 fully saturated rings. The second-order valence-corrected chi connectivity index (χ2v) is 39.6. The molecule has 9 aromatic carbocycles. The smallest absolute Gasteiger partial charge is 0.0935 e. The van der Waals surface area contributed by atoms with Gasteiger partial charge in [-0.3, -0.25) is 54.8 Å². The molecule has 28 heteroatoms. The predicted octanol–water partition coefficient (Wildman–Crippen LogP) is 24.9. The van der Waals surface area contributed by atoms with Crippen molar-refractivity contribution in [3.63, 3.8) is 0 Å². The standard InChI is InChI=1S/5C17H12N3.2C17H11N2S.7Ir/c1-10-14-8-7-11-4-2-5-12-15-13(6-3-9-18-15)17(19-10)20(14)16(11)12;1-10-15-6-5-11-3-2-4-12-14-9-18-8-7-13(14)17(19-10)20(15)16(11)12;1-10-15-7-6-11-8-18-9-14-12-4-2-3-5-13(12)17(19-10)20(15)16(11)14;1-10-14-7-6-11-8-9-18-15-12-4-2-3-5-13(12)17(19-10)20(14)16(11)15;1-10-15-7-6-14-16-12(8-9-18-14)11-4-2-3-5-13(11)17(19-10)20(15)16;1-10-17-19-15-11(9-20-17)5-4-8-13(15)12-6-2-3-7-14(12)16(19)18-10;1-10-14-9-20-15-8-4-7-12-11-5-2-3-6-13(11)17(18-10)19(14)16(12)15;;;;;;;/h2-5,9H,7-8H2,1H3;2-4,8-9H,5-6H2,1H3;3*2-4,8-9H,6-7H2,1H3;2-6,8H,9H2,1H3;2-5,7-8H,9H2,1H3;;;;;;;/q7*-1;;;;;;;. The molecule has 7 radical (unpaired) electrons. The minimum absolute atomic E-state index is 0. The summed E-state index contributed by atoms with van der Waals surface area (Å²) in [7, 11) is 0. The first-order valence-corrected chi connectivity index (χ1v) is 50.0. The van der Waals surface area contributed by atoms with Crippen molar-refractivity contribution < 1.29 is 141 Å². The van der Waals surface area contributed by atoms with Crippen LogP contribution in [0.25, 0.3) is 192 Å². The number of pyridine rings is 12. The van der Waals surface area contributed by atoms with E-state index in [0.29, 0.717) is 0 Å². The molecular formula is C119H82Ir7N19S2-7. The van der Waals surface area contributed by atoms with Gasteiger partial charge in [-0.15, -0.1) is 184 Å². The van der Waals surface area contributed by atoms with E-state index in [0.717, 1.165) is 215 Å². The Labute approximate surface area is 945 Å². The second kappa shape index (κ2) is 39.1. The summed E-state index contributed by atoms with van der Waals surface area (Å²) in [6, 6.07) is 86.6. The molecule has 28 aromatic rings. The molecule has 0 amide bonds. The van der Waals surface area contributed by atoms with E-state index >= 15 is 0 Å². The van der Waals surface area contributed by atoms with Crippen molar-refractivity contribution in [2.75, 3.05) is 0 Å². The molecular weight excluding hydrogens is 3110 g/mol. The van der Waals surface area contributed by atoms with Crippen LogP contribution in [0.4, 0.5) is 0 Å². The van der Waals surface area contributed by atoms with Gasteiger partial charge in [0.25, 0.3) is 0 Å². The number of aromatic nitrogens is 19. The monoisotopic (exact) mass is 3190 g/mol. The van der Waals surface area contributed by atoms with Crippen LogP contribution in [0.2, 0.25) is 0 Å². The van der Waals surface area contributed by atoms with Crippen LogP contribution in [0, 0.1) is 90.9 Å². The summed E-state index contributed by atoms with van der Waals surface area (Å²) >= 11 is 3.79. The molecule has 735 valence electrons. The summed E-state index contributed by atoms with van der Waals surface area (Å²) in [5, 5.41) is 23.6. The maximum Gasteiger partial charge on any atom is 0.0935 e. The number of rotatable bonds is 0. The van der Waals surface area contributed by atoms with Gasteiger partial charge in [0.15, 0.2) is 0 Å². The first-order valence-electron chi connectivity index (χ1n) is 48.0. The maximum absolute atomic E-state index is 4.81. The number of nitrogens with zero attached hydrogens (tertiary/aromatic N) is 19. The number of hydrogen-bond acceptors (Lipinski definition) is 14. The Balaban J connectivity index is 0.0000000966. The largest absolute Gasteiger partial charge is 0.351 e. The number of para-hydroxylation sites is 4. The van der Waals surface area contributed by atoms with Crippen LogP contribution in [-0.2, 0) is 216 Å². The molecule has 0 atom stereocenters. The third-order valence-corrected chi connectivity index (χ3v) is 32.4. The van der Waals surface area contributed by atoms with Gasteiger partial charge in [-0.25, -0.2) is 0 Å². The van der Waals surface area contributed by atoms with Gasteiger partial charge in [0, 0.05) is 278 Å². The summed E-state index contributed by atoms with van der Waals surface area (Å²) < 4.78 is 16.3. The second-order valence-electron chi connectivity index (χ2n) is 37.6. The molecule has 0 saturated carbocycles. The Morgan fingerprint density at radius 1 is 0.238 bits per heavy atom. The van der Waals surface area contributed by atoms with E-state index in [-0.39, 0.29) is 141 Å². The summed E-state index contributed by atoms with van der Waals surface area (Å²) in [4.78, 5) is 57.4. The molecule has 26 heterocycles. The fourth-order valence-electron chi connectivity index (χ4n) is 24.0. The van der Waals surface area contributed by atoms with Crippen LogP contribution in [0.3, 0.4) is 0 Å². The molecule has 0 aliphatic carbocycles. The van der Waals surface area contributed by atoms with E-state index < -0.39 is 0 Å². The van der Waals surface area contributed by atoms with Crippen molar-refractivity contribution in [2.45, 2.75) is 134 Å². The van der Waals surface area contributed by atoms with Crippen molar-refractivity contribution in [3.8, 4) is 0 Å². The number of aryl methyl sites for hydroxylation is 17. The molecule has 0 bridgehead atoms. The molecule has 0 N–H and O–H groups in total. The SMILES string of the molecule is Cc1nc2c3[c-]cccc3c3cccc4c3n2c1CS4.Cc1nc2c3[c-]cccc3c3cccc4c3n2c1SC4.Cc1nc2c3[c-]cccc3c3ccnc4c3n2c1CC4.Cc1nc2c3[c-]cccc3c3cncc4c3n2c1CC4.Cc1nc2c3[c-]cccc3c3nccc4c3n2c1CC4.Cc1nc2c3[c-]ccnc3c3cccc4c3n2c1CC4.Cc1nc2c3[c-]cncc3c3cccc4c3n2c1CC4.[Ir].[Ir].[Ir].[Ir].[Ir].[Ir].[Ir]. The maximum atomic E-state index is 4.81. The summed E-state index contributed by atoms with van der Waals surface area (Å²) in [5.41, 5.74) is 42.2. The van der Waals surface area contributed by atoms with E-state index in [9.17, 15) is 0 Å². The number of benzene rings is 9. The zero-order chi connectivity index (χ0) is 92.9. The van der Waals surface area contributed by atoms with Gasteiger partial charge in [-0.1, -0.05) is 116 Å². The third-order valence-electron chi connectivity index (χ3n) is 30.1. The van der Waals surface area contributed by atoms with E-state index in [1.807, 2.05) is 115 Å². The quantitative estimate of drug-likeness (QED) is 0.103. The fraction of sp³-hybridized carbons (Fsp3) is 0.160. The average molecular weight is 3190 g/mol. The van der Waals surface area contributed by atoms with Crippen molar-refractivity contribution >= 4 is 215 Å². The predicted molar refractivity (Wildman–Crippen MR) is 562 cm³/mol. The molecule has 147 heavy (non-hydrogen) atoms. The molecule has 0 saturated heterocycles. The molecule has 19 nitrogen and oxygen atoms in total. The Hall–Kier alpha value is -11.6. The van der Waals surface area contributed by atoms with Gasteiger partial charge in [-0.2, -0.15) is 6.07 Å². The first-order chi connectivity index (χ1) is 68.9. The van der Waals surface area contributed by atoms with Crippen LogP contribution < -0.4 is 0 Å². The van der Waals surface area contributed by atoms with Gasteiger partial charge in [0.05, 0.1) is 72.4 Å². The molecule has 0 spiro atoms. The number of fused-ring (bicyclic) bond motifs is 21. The van der Waals surface area contributed by atoms with Crippen LogP contribution in [0.15, 0.2) is 235 Å². The van der Waals surface area contributed by atoms with Crippen molar-refractivity contribution in [1.29, 1.82) is 0 Å². The third kappa shape index (κ3) is 15.2. The van der Waals surface area contributed by atoms with Gasteiger partial charge in [-0.05, 0) is 209 Å². The fourth-order valence-corrected chi connectivity index (χ4v) is 26.2. The van der Waals surface area contributed by atoms with Crippen molar-refractivity contribution in [3.05, 3.63) is 375 Å². The van der Waals surface area contributed by atoms with Gasteiger partial charge >= 0.3 is 0 Å². The Bertz CT molecular complexity index is 8770. The van der Waals surface area contributed by atoms with E-state index in [1.54, 1.807) is 6.20 Å². The minimum atomic E-state index is 0. The normalized spacial score (nSPS) is 13.2. The van der Waals surface area contributed by atoms with Crippen LogP contribution in [-0.4, -0.2) is 90.6 Å². The van der Waals surface area contributed by atoms with Crippen LogP contribution in [0.1, 0.15) is 108 Å². The van der Waals surface area contributed by atoms with Crippen LogP contribution in [0.5, 0.6) is 0 Å². The first kappa shape index (κ1) is 100. The van der Waals surface area contributed by atoms with Crippen LogP contribution >= 0.6 is 23.5 Å². The van der Waals surface area contributed by atoms with E-state index in [4.69, 9.17) is 34.9 Å². The van der Waals surface area contributed by atoms with Gasteiger partial charge < -0.3 is 35.8 Å². The van der Waals surface area contributed by atoms with Crippen molar-refractivity contribution in [2.24, 2.45) is 0 Å². The molecule has 0 unspecified atom stereocenters. The van der Waals surface area contributed by atoms with Gasteiger partial charge in [0.1, 0.15) is 0 Å². The van der Waals surface area contributed by atoms with E-state index in [1.165, 1.54) is 170 Å². The molecule has 35 rings (SSSR count). The Morgan fingerprint density at radius 2 is 0.612 bits per heavy atom. The van der Waals surface area contributed by atoms with Crippen molar-refractivity contribution in [1.82, 2.24) is 90.6 Å². The topological polar surface area (TPSA) is 186 Å². The number of thioether (sulfide) groups is 2. The Kier molecular flexibility index (Phi) is 26.6. The molecule has 7 aliphatic heterocycles. The molecule has 19 aromatic heterocycles. The minimum Gasteiger partial charge on any atom is -0.351 e. The summed E-state index contributed by atoms with van der Waals surface area (Å²) in [6.45, 7) is 14.7. The van der Waals surface area contributed by atoms with E-state index in [2.05, 4.69) is 274 Å². The summed E-state index contributed by atoms with van der Waals surface area (Å²) in [5.74, 6) is 2.03. The summed E-state index contributed by atoms with van der Waals surface area (Å²) in [6.07, 6.45) is 23.8. The molecule has 7 aliphatic rings. The van der Waals surface area contributed by atoms with Gasteiger partial charge in [0.2, 0.25) is 0 Å². The zero-order valence-corrected chi connectivity index (χ0v) is 98.4. The zero-order valence-electron chi connectivity index (χ0n) is 80.0. The Morgan fingerprint density at radius 3 is 1.18 bits per heavy atom. The number of hydrogen-bond donors (Lipinski definition) is 0. The number of imidazole rings is 7. The average Bonchev–Trinajstić information content (AvgIpc) is 1.62.